The molecule has 0 aromatic carbocycles. The number of esters is 1. The van der Waals surface area contributed by atoms with Crippen LogP contribution < -0.4 is 10.7 Å². The summed E-state index contributed by atoms with van der Waals surface area (Å²) < 4.78 is 9.97. The standard InChI is InChI=1S/C19H26N4O6/c1-11-6-8-19(9-7-11)17(26)23(18(27)20-19)21-15(24)10-28-16(25)5-4-14-12(2)22-29-13(14)3/h11H,4-10H2,1-3H3,(H,20,27)(H,21,24). The number of hydrazine groups is 1. The van der Waals surface area contributed by atoms with E-state index in [9.17, 15) is 19.2 Å². The molecule has 1 saturated carbocycles. The van der Waals surface area contributed by atoms with Crippen molar-refractivity contribution in [3.8, 4) is 0 Å². The Morgan fingerprint density at radius 1 is 1.31 bits per heavy atom. The molecule has 1 aliphatic carbocycles. The third-order valence-electron chi connectivity index (χ3n) is 5.65. The van der Waals surface area contributed by atoms with Crippen LogP contribution >= 0.6 is 0 Å². The van der Waals surface area contributed by atoms with Crippen LogP contribution in [0, 0.1) is 19.8 Å². The van der Waals surface area contributed by atoms with Crippen molar-refractivity contribution in [2.75, 3.05) is 6.61 Å². The molecule has 1 spiro atoms. The molecule has 1 aliphatic heterocycles. The van der Waals surface area contributed by atoms with Gasteiger partial charge in [0.05, 0.1) is 5.69 Å². The molecule has 10 nitrogen and oxygen atoms in total. The number of urea groups is 1. The third kappa shape index (κ3) is 4.41. The molecule has 1 aromatic heterocycles. The number of rotatable bonds is 6. The second kappa shape index (κ2) is 8.22. The van der Waals surface area contributed by atoms with Gasteiger partial charge >= 0.3 is 12.0 Å². The van der Waals surface area contributed by atoms with Crippen LogP contribution in [0.25, 0.3) is 0 Å². The molecule has 0 bridgehead atoms. The first-order valence-corrected chi connectivity index (χ1v) is 9.75. The molecule has 3 rings (SSSR count). The molecule has 0 radical (unpaired) electrons. The molecule has 2 fully saturated rings. The van der Waals surface area contributed by atoms with Crippen LogP contribution in [0.2, 0.25) is 0 Å². The first kappa shape index (κ1) is 20.8. The van der Waals surface area contributed by atoms with Crippen molar-refractivity contribution in [2.45, 2.75) is 64.8 Å². The predicted octanol–water partition coefficient (Wildman–Crippen LogP) is 1.30. The lowest BCUT2D eigenvalue weighted by Gasteiger charge is -2.33. The Morgan fingerprint density at radius 3 is 2.62 bits per heavy atom. The van der Waals surface area contributed by atoms with Gasteiger partial charge in [0, 0.05) is 12.0 Å². The van der Waals surface area contributed by atoms with Crippen molar-refractivity contribution < 1.29 is 28.4 Å². The molecular weight excluding hydrogens is 380 g/mol. The molecule has 158 valence electrons. The maximum Gasteiger partial charge on any atom is 0.344 e. The Balaban J connectivity index is 1.46. The number of imide groups is 1. The van der Waals surface area contributed by atoms with E-state index in [1.54, 1.807) is 13.8 Å². The average Bonchev–Trinajstić information content (AvgIpc) is 3.12. The van der Waals surface area contributed by atoms with Crippen molar-refractivity contribution in [3.63, 3.8) is 0 Å². The summed E-state index contributed by atoms with van der Waals surface area (Å²) in [6, 6.07) is -0.664. The first-order chi connectivity index (χ1) is 13.7. The molecule has 2 N–H and O–H groups in total. The van der Waals surface area contributed by atoms with Crippen LogP contribution in [-0.2, 0) is 25.5 Å². The summed E-state index contributed by atoms with van der Waals surface area (Å²) in [7, 11) is 0. The van der Waals surface area contributed by atoms with Gasteiger partial charge in [0.1, 0.15) is 11.3 Å². The van der Waals surface area contributed by atoms with Gasteiger partial charge in [0.15, 0.2) is 6.61 Å². The second-order valence-corrected chi connectivity index (χ2v) is 7.83. The van der Waals surface area contributed by atoms with E-state index in [0.717, 1.165) is 18.4 Å². The zero-order valence-electron chi connectivity index (χ0n) is 16.9. The van der Waals surface area contributed by atoms with Crippen molar-refractivity contribution in [2.24, 2.45) is 5.92 Å². The fourth-order valence-corrected chi connectivity index (χ4v) is 3.78. The zero-order valence-corrected chi connectivity index (χ0v) is 16.9. The Labute approximate surface area is 168 Å². The number of hydrogen-bond acceptors (Lipinski definition) is 7. The quantitative estimate of drug-likeness (QED) is 0.538. The number of hydrogen-bond donors (Lipinski definition) is 2. The molecule has 2 heterocycles. The summed E-state index contributed by atoms with van der Waals surface area (Å²) in [6.07, 6.45) is 3.19. The van der Waals surface area contributed by atoms with Gasteiger partial charge in [-0.2, -0.15) is 5.01 Å². The number of amides is 4. The Bertz CT molecular complexity index is 805. The van der Waals surface area contributed by atoms with Gasteiger partial charge in [0.2, 0.25) is 0 Å². The SMILES string of the molecule is Cc1noc(C)c1CCC(=O)OCC(=O)NN1C(=O)NC2(CCC(C)CC2)C1=O. The minimum atomic E-state index is -0.943. The maximum absolute atomic E-state index is 12.7. The monoisotopic (exact) mass is 406 g/mol. The number of ether oxygens (including phenoxy) is 1. The summed E-state index contributed by atoms with van der Waals surface area (Å²) in [5.74, 6) is -0.653. The molecule has 0 atom stereocenters. The molecule has 29 heavy (non-hydrogen) atoms. The summed E-state index contributed by atoms with van der Waals surface area (Å²) in [4.78, 5) is 48.8. The highest BCUT2D eigenvalue weighted by molar-refractivity contribution is 6.08. The second-order valence-electron chi connectivity index (χ2n) is 7.83. The van der Waals surface area contributed by atoms with Gasteiger partial charge in [0.25, 0.3) is 11.8 Å². The van der Waals surface area contributed by atoms with E-state index in [1.165, 1.54) is 0 Å². The van der Waals surface area contributed by atoms with Crippen LogP contribution in [-0.4, -0.2) is 46.1 Å². The van der Waals surface area contributed by atoms with Crippen molar-refractivity contribution >= 4 is 23.8 Å². The highest BCUT2D eigenvalue weighted by Crippen LogP contribution is 2.35. The van der Waals surface area contributed by atoms with Crippen LogP contribution in [0.3, 0.4) is 0 Å². The molecule has 10 heteroatoms. The zero-order chi connectivity index (χ0) is 21.2. The maximum atomic E-state index is 12.7. The van der Waals surface area contributed by atoms with Crippen LogP contribution in [0.4, 0.5) is 4.79 Å². The van der Waals surface area contributed by atoms with Crippen LogP contribution in [0.5, 0.6) is 0 Å². The fourth-order valence-electron chi connectivity index (χ4n) is 3.78. The molecule has 1 saturated heterocycles. The molecule has 2 aliphatic rings. The van der Waals surface area contributed by atoms with Gasteiger partial charge in [-0.05, 0) is 51.9 Å². The Kier molecular flexibility index (Phi) is 5.90. The number of carbonyl (C=O) groups is 4. The van der Waals surface area contributed by atoms with E-state index >= 15 is 0 Å². The van der Waals surface area contributed by atoms with E-state index in [-0.39, 0.29) is 6.42 Å². The smallest absolute Gasteiger partial charge is 0.344 e. The lowest BCUT2D eigenvalue weighted by atomic mass is 9.77. The van der Waals surface area contributed by atoms with E-state index in [0.29, 0.717) is 41.6 Å². The predicted molar refractivity (Wildman–Crippen MR) is 99.1 cm³/mol. The lowest BCUT2D eigenvalue weighted by molar-refractivity contribution is -0.150. The summed E-state index contributed by atoms with van der Waals surface area (Å²) in [6.45, 7) is 5.06. The summed E-state index contributed by atoms with van der Waals surface area (Å²) in [5.41, 5.74) is 2.83. The molecule has 1 aromatic rings. The largest absolute Gasteiger partial charge is 0.455 e. The topological polar surface area (TPSA) is 131 Å². The van der Waals surface area contributed by atoms with E-state index in [4.69, 9.17) is 9.26 Å². The van der Waals surface area contributed by atoms with Crippen molar-refractivity contribution in [1.29, 1.82) is 0 Å². The van der Waals surface area contributed by atoms with Crippen molar-refractivity contribution in [1.82, 2.24) is 20.9 Å². The van der Waals surface area contributed by atoms with Crippen LogP contribution in [0.15, 0.2) is 4.52 Å². The van der Waals surface area contributed by atoms with Gasteiger partial charge in [-0.15, -0.1) is 0 Å². The number of nitrogens with zero attached hydrogens (tertiary/aromatic N) is 2. The normalized spacial score (nSPS) is 24.0. The number of carbonyl (C=O) groups excluding carboxylic acids is 4. The van der Waals surface area contributed by atoms with Crippen LogP contribution in [0.1, 0.15) is 56.0 Å². The first-order valence-electron chi connectivity index (χ1n) is 9.75. The number of nitrogens with one attached hydrogen (secondary N) is 2. The van der Waals surface area contributed by atoms with E-state index < -0.39 is 36.0 Å². The van der Waals surface area contributed by atoms with Crippen molar-refractivity contribution in [3.05, 3.63) is 17.0 Å². The third-order valence-corrected chi connectivity index (χ3v) is 5.65. The Morgan fingerprint density at radius 2 is 2.00 bits per heavy atom. The van der Waals surface area contributed by atoms with Gasteiger partial charge in [-0.1, -0.05) is 12.1 Å². The van der Waals surface area contributed by atoms with Gasteiger partial charge in [-0.25, -0.2) is 4.79 Å². The molecular formula is C19H26N4O6. The van der Waals surface area contributed by atoms with E-state index in [2.05, 4.69) is 22.8 Å². The minimum absolute atomic E-state index is 0.0562. The number of aromatic nitrogens is 1. The average molecular weight is 406 g/mol. The molecule has 4 amide bonds. The summed E-state index contributed by atoms with van der Waals surface area (Å²) in [5, 5.41) is 7.21. The van der Waals surface area contributed by atoms with Gasteiger partial charge in [-0.3, -0.25) is 19.8 Å². The van der Waals surface area contributed by atoms with Gasteiger partial charge < -0.3 is 14.6 Å². The number of aryl methyl sites for hydroxylation is 2. The highest BCUT2D eigenvalue weighted by atomic mass is 16.5. The molecule has 0 unspecified atom stereocenters. The Hall–Kier alpha value is -2.91. The van der Waals surface area contributed by atoms with E-state index in [1.807, 2.05) is 0 Å². The fraction of sp³-hybridized carbons (Fsp3) is 0.632. The summed E-state index contributed by atoms with van der Waals surface area (Å²) >= 11 is 0. The lowest BCUT2D eigenvalue weighted by Crippen LogP contribution is -2.52. The minimum Gasteiger partial charge on any atom is -0.455 e. The highest BCUT2D eigenvalue weighted by Gasteiger charge is 2.52.